The van der Waals surface area contributed by atoms with E-state index in [0.717, 1.165) is 12.8 Å². The van der Waals surface area contributed by atoms with Crippen molar-refractivity contribution in [1.29, 1.82) is 0 Å². The Balaban J connectivity index is 3.54. The summed E-state index contributed by atoms with van der Waals surface area (Å²) in [5, 5.41) is 9.22. The molecule has 0 aliphatic heterocycles. The molecule has 1 unspecified atom stereocenters. The van der Waals surface area contributed by atoms with Crippen molar-refractivity contribution in [2.75, 3.05) is 0 Å². The SMILES string of the molecule is CCCCCCCCCCCCCCC(CCCCCCCCCCC)CC(=O)O. The highest BCUT2D eigenvalue weighted by atomic mass is 16.4. The molecule has 0 aromatic rings. The third kappa shape index (κ3) is 23.7. The van der Waals surface area contributed by atoms with Gasteiger partial charge in [0.05, 0.1) is 0 Å². The van der Waals surface area contributed by atoms with Crippen molar-refractivity contribution in [1.82, 2.24) is 0 Å². The number of aliphatic carboxylic acids is 1. The third-order valence-corrected chi connectivity index (χ3v) is 6.65. The van der Waals surface area contributed by atoms with Crippen LogP contribution < -0.4 is 0 Å². The van der Waals surface area contributed by atoms with E-state index in [2.05, 4.69) is 13.8 Å². The summed E-state index contributed by atoms with van der Waals surface area (Å²) in [6, 6.07) is 0. The molecule has 30 heavy (non-hydrogen) atoms. The Morgan fingerprint density at radius 1 is 0.500 bits per heavy atom. The van der Waals surface area contributed by atoms with Crippen LogP contribution in [0, 0.1) is 5.92 Å². The molecule has 180 valence electrons. The normalized spacial score (nSPS) is 12.3. The molecule has 0 saturated heterocycles. The second kappa shape index (κ2) is 24.7. The average molecular weight is 425 g/mol. The number of hydrogen-bond acceptors (Lipinski definition) is 1. The first-order valence-electron chi connectivity index (χ1n) is 13.9. The monoisotopic (exact) mass is 424 g/mol. The van der Waals surface area contributed by atoms with Gasteiger partial charge in [0, 0.05) is 6.42 Å². The van der Waals surface area contributed by atoms with Crippen LogP contribution in [0.4, 0.5) is 0 Å². The van der Waals surface area contributed by atoms with E-state index in [1.165, 1.54) is 135 Å². The predicted octanol–water partition coefficient (Wildman–Crippen LogP) is 10.1. The van der Waals surface area contributed by atoms with Gasteiger partial charge in [-0.1, -0.05) is 149 Å². The largest absolute Gasteiger partial charge is 0.481 e. The minimum Gasteiger partial charge on any atom is -0.481 e. The lowest BCUT2D eigenvalue weighted by Crippen LogP contribution is -2.08. The summed E-state index contributed by atoms with van der Waals surface area (Å²) in [5.74, 6) is -0.190. The van der Waals surface area contributed by atoms with Crippen molar-refractivity contribution in [3.63, 3.8) is 0 Å². The Hall–Kier alpha value is -0.530. The fourth-order valence-electron chi connectivity index (χ4n) is 4.61. The summed E-state index contributed by atoms with van der Waals surface area (Å²) in [6.07, 6.45) is 31.2. The first-order valence-corrected chi connectivity index (χ1v) is 13.9. The third-order valence-electron chi connectivity index (χ3n) is 6.65. The minimum absolute atomic E-state index is 0.384. The van der Waals surface area contributed by atoms with Crippen LogP contribution in [0.3, 0.4) is 0 Å². The summed E-state index contributed by atoms with van der Waals surface area (Å²) in [6.45, 7) is 4.55. The van der Waals surface area contributed by atoms with Crippen LogP contribution in [-0.4, -0.2) is 11.1 Å². The summed E-state index contributed by atoms with van der Waals surface area (Å²) in [5.41, 5.74) is 0. The van der Waals surface area contributed by atoms with Gasteiger partial charge in [-0.15, -0.1) is 0 Å². The number of rotatable bonds is 25. The molecule has 0 bridgehead atoms. The smallest absolute Gasteiger partial charge is 0.303 e. The average Bonchev–Trinajstić information content (AvgIpc) is 2.72. The van der Waals surface area contributed by atoms with Crippen LogP contribution >= 0.6 is 0 Å². The van der Waals surface area contributed by atoms with Gasteiger partial charge in [0.15, 0.2) is 0 Å². The quantitative estimate of drug-likeness (QED) is 0.148. The summed E-state index contributed by atoms with van der Waals surface area (Å²) in [7, 11) is 0. The standard InChI is InChI=1S/C28H56O2/c1-3-5-7-9-11-13-14-15-17-19-21-23-25-27(26-28(29)30)24-22-20-18-16-12-10-8-6-4-2/h27H,3-26H2,1-2H3,(H,29,30). The molecule has 0 aliphatic carbocycles. The van der Waals surface area contributed by atoms with Gasteiger partial charge < -0.3 is 5.11 Å². The summed E-state index contributed by atoms with van der Waals surface area (Å²) >= 11 is 0. The van der Waals surface area contributed by atoms with Crippen molar-refractivity contribution >= 4 is 5.97 Å². The highest BCUT2D eigenvalue weighted by Gasteiger charge is 2.12. The van der Waals surface area contributed by atoms with E-state index in [9.17, 15) is 9.90 Å². The van der Waals surface area contributed by atoms with Crippen LogP contribution in [0.15, 0.2) is 0 Å². The van der Waals surface area contributed by atoms with Crippen molar-refractivity contribution in [3.8, 4) is 0 Å². The molecular weight excluding hydrogens is 368 g/mol. The molecule has 1 atom stereocenters. The van der Waals surface area contributed by atoms with Crippen LogP contribution in [-0.2, 0) is 4.79 Å². The molecular formula is C28H56O2. The van der Waals surface area contributed by atoms with Gasteiger partial charge in [0.2, 0.25) is 0 Å². The zero-order valence-electron chi connectivity index (χ0n) is 20.9. The second-order valence-electron chi connectivity index (χ2n) is 9.76. The molecule has 0 radical (unpaired) electrons. The van der Waals surface area contributed by atoms with Gasteiger partial charge in [-0.25, -0.2) is 0 Å². The maximum absolute atomic E-state index is 11.2. The van der Waals surface area contributed by atoms with Crippen LogP contribution in [0.5, 0.6) is 0 Å². The molecule has 2 nitrogen and oxygen atoms in total. The molecule has 0 amide bonds. The van der Waals surface area contributed by atoms with Gasteiger partial charge in [0.1, 0.15) is 0 Å². The van der Waals surface area contributed by atoms with E-state index < -0.39 is 5.97 Å². The molecule has 0 spiro atoms. The van der Waals surface area contributed by atoms with Gasteiger partial charge >= 0.3 is 5.97 Å². The van der Waals surface area contributed by atoms with Crippen molar-refractivity contribution < 1.29 is 9.90 Å². The molecule has 2 heteroatoms. The maximum Gasteiger partial charge on any atom is 0.303 e. The molecule has 1 N–H and O–H groups in total. The lowest BCUT2D eigenvalue weighted by molar-refractivity contribution is -0.138. The van der Waals surface area contributed by atoms with Crippen LogP contribution in [0.1, 0.15) is 168 Å². The van der Waals surface area contributed by atoms with Crippen molar-refractivity contribution in [3.05, 3.63) is 0 Å². The molecule has 0 aromatic heterocycles. The first kappa shape index (κ1) is 29.5. The molecule has 0 saturated carbocycles. The minimum atomic E-state index is -0.602. The molecule has 0 heterocycles. The Morgan fingerprint density at radius 2 is 0.767 bits per heavy atom. The molecule has 0 rings (SSSR count). The highest BCUT2D eigenvalue weighted by Crippen LogP contribution is 2.22. The van der Waals surface area contributed by atoms with Crippen LogP contribution in [0.25, 0.3) is 0 Å². The fraction of sp³-hybridized carbons (Fsp3) is 0.964. The van der Waals surface area contributed by atoms with Crippen LogP contribution in [0.2, 0.25) is 0 Å². The Morgan fingerprint density at radius 3 is 1.03 bits per heavy atom. The number of carboxylic acids is 1. The lowest BCUT2D eigenvalue weighted by atomic mass is 9.91. The Labute approximate surface area is 190 Å². The topological polar surface area (TPSA) is 37.3 Å². The van der Waals surface area contributed by atoms with Crippen molar-refractivity contribution in [2.45, 2.75) is 168 Å². The summed E-state index contributed by atoms with van der Waals surface area (Å²) < 4.78 is 0. The molecule has 0 aliphatic rings. The van der Waals surface area contributed by atoms with Crippen molar-refractivity contribution in [2.24, 2.45) is 5.92 Å². The van der Waals surface area contributed by atoms with E-state index in [4.69, 9.17) is 0 Å². The predicted molar refractivity (Wildman–Crippen MR) is 133 cm³/mol. The second-order valence-corrected chi connectivity index (χ2v) is 9.76. The van der Waals surface area contributed by atoms with E-state index in [0.29, 0.717) is 12.3 Å². The fourth-order valence-corrected chi connectivity index (χ4v) is 4.61. The van der Waals surface area contributed by atoms with Gasteiger partial charge in [-0.3, -0.25) is 4.79 Å². The van der Waals surface area contributed by atoms with E-state index >= 15 is 0 Å². The highest BCUT2D eigenvalue weighted by molar-refractivity contribution is 5.66. The zero-order chi connectivity index (χ0) is 22.1. The number of unbranched alkanes of at least 4 members (excludes halogenated alkanes) is 19. The lowest BCUT2D eigenvalue weighted by Gasteiger charge is -2.14. The Kier molecular flexibility index (Phi) is 24.3. The molecule has 0 aromatic carbocycles. The molecule has 0 fully saturated rings. The van der Waals surface area contributed by atoms with Gasteiger partial charge in [0.25, 0.3) is 0 Å². The zero-order valence-corrected chi connectivity index (χ0v) is 20.9. The van der Waals surface area contributed by atoms with E-state index in [-0.39, 0.29) is 0 Å². The number of carboxylic acid groups (broad SMARTS) is 1. The maximum atomic E-state index is 11.2. The summed E-state index contributed by atoms with van der Waals surface area (Å²) in [4.78, 5) is 11.2. The van der Waals surface area contributed by atoms with E-state index in [1.54, 1.807) is 0 Å². The number of carbonyl (C=O) groups is 1. The van der Waals surface area contributed by atoms with Gasteiger partial charge in [-0.2, -0.15) is 0 Å². The number of hydrogen-bond donors (Lipinski definition) is 1. The first-order chi connectivity index (χ1) is 14.7. The Bertz CT molecular complexity index is 340. The van der Waals surface area contributed by atoms with E-state index in [1.807, 2.05) is 0 Å². The van der Waals surface area contributed by atoms with Gasteiger partial charge in [-0.05, 0) is 18.8 Å².